The van der Waals surface area contributed by atoms with E-state index in [0.29, 0.717) is 29.9 Å². The van der Waals surface area contributed by atoms with Crippen LogP contribution in [0.15, 0.2) is 16.5 Å². The molecule has 2 saturated heterocycles. The van der Waals surface area contributed by atoms with Gasteiger partial charge in [-0.2, -0.15) is 19.5 Å². The first-order chi connectivity index (χ1) is 16.0. The minimum absolute atomic E-state index is 0.151. The Balaban J connectivity index is 1.34. The molecule has 33 heavy (non-hydrogen) atoms. The van der Waals surface area contributed by atoms with Crippen molar-refractivity contribution < 1.29 is 9.21 Å². The molecule has 0 saturated carbocycles. The lowest BCUT2D eigenvalue weighted by Crippen LogP contribution is -2.54. The topological polar surface area (TPSA) is 122 Å². The van der Waals surface area contributed by atoms with Crippen LogP contribution < -0.4 is 10.6 Å². The lowest BCUT2D eigenvalue weighted by atomic mass is 10.1. The molecular weight excluding hydrogens is 422 g/mol. The largest absolute Gasteiger partial charge is 0.458 e. The van der Waals surface area contributed by atoms with Crippen molar-refractivity contribution in [3.63, 3.8) is 0 Å². The Hall–Kier alpha value is -3.21. The molecule has 2 aliphatic heterocycles. The molecular formula is C22H31N9O2. The molecule has 2 fully saturated rings. The fourth-order valence-corrected chi connectivity index (χ4v) is 4.63. The summed E-state index contributed by atoms with van der Waals surface area (Å²) in [5.74, 6) is 2.81. The first-order valence-corrected chi connectivity index (χ1v) is 11.8. The maximum Gasteiger partial charge on any atom is 0.259 e. The second kappa shape index (κ2) is 8.97. The van der Waals surface area contributed by atoms with Crippen LogP contribution in [0.5, 0.6) is 0 Å². The maximum atomic E-state index is 13.4. The average molecular weight is 454 g/mol. The molecule has 1 amide bonds. The lowest BCUT2D eigenvalue weighted by Gasteiger charge is -2.37. The highest BCUT2D eigenvalue weighted by atomic mass is 16.3. The SMILES string of the molecule is CCCCN1CCN(C(=O)[C@@H]2CCCN2c2nc(N)n3nc(-c4ccc(C)o4)nc3n2)CC1. The van der Waals surface area contributed by atoms with Gasteiger partial charge in [0.2, 0.25) is 23.6 Å². The van der Waals surface area contributed by atoms with E-state index < -0.39 is 0 Å². The molecule has 0 bridgehead atoms. The highest BCUT2D eigenvalue weighted by molar-refractivity contribution is 5.85. The first kappa shape index (κ1) is 21.6. The number of rotatable bonds is 6. The summed E-state index contributed by atoms with van der Waals surface area (Å²) < 4.78 is 7.02. The van der Waals surface area contributed by atoms with Gasteiger partial charge >= 0.3 is 0 Å². The van der Waals surface area contributed by atoms with Crippen LogP contribution in [-0.4, -0.2) is 85.6 Å². The Morgan fingerprint density at radius 3 is 2.70 bits per heavy atom. The van der Waals surface area contributed by atoms with E-state index in [4.69, 9.17) is 10.2 Å². The van der Waals surface area contributed by atoms with E-state index in [1.54, 1.807) is 0 Å². The zero-order valence-electron chi connectivity index (χ0n) is 19.3. The number of nitrogen functional groups attached to an aromatic ring is 1. The van der Waals surface area contributed by atoms with Gasteiger partial charge in [0.1, 0.15) is 11.8 Å². The third-order valence-electron chi connectivity index (χ3n) is 6.49. The van der Waals surface area contributed by atoms with Gasteiger partial charge in [-0.25, -0.2) is 0 Å². The minimum Gasteiger partial charge on any atom is -0.458 e. The monoisotopic (exact) mass is 453 g/mol. The summed E-state index contributed by atoms with van der Waals surface area (Å²) in [5.41, 5.74) is 6.19. The Morgan fingerprint density at radius 1 is 1.15 bits per heavy atom. The smallest absolute Gasteiger partial charge is 0.259 e. The third-order valence-corrected chi connectivity index (χ3v) is 6.49. The highest BCUT2D eigenvalue weighted by Gasteiger charge is 2.36. The number of carbonyl (C=O) groups excluding carboxylic acids is 1. The summed E-state index contributed by atoms with van der Waals surface area (Å²) in [4.78, 5) is 33.3. The van der Waals surface area contributed by atoms with E-state index in [-0.39, 0.29) is 17.9 Å². The number of piperazine rings is 1. The van der Waals surface area contributed by atoms with E-state index in [1.807, 2.05) is 28.9 Å². The lowest BCUT2D eigenvalue weighted by molar-refractivity contribution is -0.134. The van der Waals surface area contributed by atoms with E-state index in [2.05, 4.69) is 31.9 Å². The van der Waals surface area contributed by atoms with Gasteiger partial charge in [0.05, 0.1) is 0 Å². The summed E-state index contributed by atoms with van der Waals surface area (Å²) >= 11 is 0. The van der Waals surface area contributed by atoms with Crippen LogP contribution in [0.4, 0.5) is 11.9 Å². The van der Waals surface area contributed by atoms with E-state index in [9.17, 15) is 4.79 Å². The van der Waals surface area contributed by atoms with Gasteiger partial charge in [-0.3, -0.25) is 9.69 Å². The molecule has 5 heterocycles. The van der Waals surface area contributed by atoms with Crippen molar-refractivity contribution in [2.75, 3.05) is 49.9 Å². The van der Waals surface area contributed by atoms with Crippen LogP contribution >= 0.6 is 0 Å². The Labute approximate surface area is 192 Å². The molecule has 11 heteroatoms. The second-order valence-electron chi connectivity index (χ2n) is 8.81. The van der Waals surface area contributed by atoms with Gasteiger partial charge in [-0.05, 0) is 44.9 Å². The van der Waals surface area contributed by atoms with Crippen LogP contribution in [0.3, 0.4) is 0 Å². The molecule has 176 valence electrons. The van der Waals surface area contributed by atoms with Gasteiger partial charge < -0.3 is 20.0 Å². The van der Waals surface area contributed by atoms with Crippen molar-refractivity contribution in [2.45, 2.75) is 45.6 Å². The standard InChI is InChI=1S/C22H31N9O2/c1-3-4-9-28-11-13-29(14-12-28)19(32)16-6-5-10-30(16)21-25-20(23)31-22(26-21)24-18(27-31)17-8-7-15(2)33-17/h7-8,16H,3-6,9-14H2,1-2H3,(H2,23,24,25,26,27)/t16-/m0/s1. The normalized spacial score (nSPS) is 19.6. The van der Waals surface area contributed by atoms with Crippen molar-refractivity contribution in [3.05, 3.63) is 17.9 Å². The quantitative estimate of drug-likeness (QED) is 0.593. The van der Waals surface area contributed by atoms with Crippen molar-refractivity contribution in [1.82, 2.24) is 34.4 Å². The summed E-state index contributed by atoms with van der Waals surface area (Å²) in [6, 6.07) is 3.39. The summed E-state index contributed by atoms with van der Waals surface area (Å²) in [6.45, 7) is 9.29. The summed E-state index contributed by atoms with van der Waals surface area (Å²) in [7, 11) is 0. The van der Waals surface area contributed by atoms with E-state index in [0.717, 1.165) is 51.3 Å². The van der Waals surface area contributed by atoms with Crippen LogP contribution in [0.1, 0.15) is 38.4 Å². The number of hydrogen-bond acceptors (Lipinski definition) is 9. The first-order valence-electron chi connectivity index (χ1n) is 11.8. The number of nitrogens with two attached hydrogens (primary N) is 1. The second-order valence-corrected chi connectivity index (χ2v) is 8.81. The molecule has 2 aliphatic rings. The van der Waals surface area contributed by atoms with Crippen molar-refractivity contribution >= 4 is 23.6 Å². The molecule has 0 spiro atoms. The van der Waals surface area contributed by atoms with E-state index >= 15 is 0 Å². The van der Waals surface area contributed by atoms with Crippen LogP contribution in [0.2, 0.25) is 0 Å². The molecule has 0 aromatic carbocycles. The molecule has 3 aromatic rings. The number of aromatic nitrogens is 5. The number of fused-ring (bicyclic) bond motifs is 1. The van der Waals surface area contributed by atoms with Gasteiger partial charge in [-0.15, -0.1) is 5.10 Å². The molecule has 2 N–H and O–H groups in total. The number of carbonyl (C=O) groups is 1. The Morgan fingerprint density at radius 2 is 1.97 bits per heavy atom. The molecule has 3 aromatic heterocycles. The van der Waals surface area contributed by atoms with Crippen molar-refractivity contribution in [2.24, 2.45) is 0 Å². The number of unbranched alkanes of at least 4 members (excludes halogenated alkanes) is 1. The van der Waals surface area contributed by atoms with Gasteiger partial charge in [0.15, 0.2) is 5.76 Å². The van der Waals surface area contributed by atoms with Crippen LogP contribution in [0.25, 0.3) is 17.4 Å². The Bertz CT molecular complexity index is 1130. The fourth-order valence-electron chi connectivity index (χ4n) is 4.63. The summed E-state index contributed by atoms with van der Waals surface area (Å²) in [6.07, 6.45) is 4.09. The third kappa shape index (κ3) is 4.24. The maximum absolute atomic E-state index is 13.4. The fraction of sp³-hybridized carbons (Fsp3) is 0.591. The molecule has 0 unspecified atom stereocenters. The van der Waals surface area contributed by atoms with Crippen molar-refractivity contribution in [1.29, 1.82) is 0 Å². The van der Waals surface area contributed by atoms with Gasteiger partial charge in [0, 0.05) is 32.7 Å². The molecule has 0 aliphatic carbocycles. The molecule has 5 rings (SSSR count). The summed E-state index contributed by atoms with van der Waals surface area (Å²) in [5, 5.41) is 4.38. The van der Waals surface area contributed by atoms with Crippen molar-refractivity contribution in [3.8, 4) is 11.6 Å². The van der Waals surface area contributed by atoms with Gasteiger partial charge in [-0.1, -0.05) is 13.3 Å². The number of aryl methyl sites for hydroxylation is 1. The number of amides is 1. The number of hydrogen-bond donors (Lipinski definition) is 1. The predicted octanol–water partition coefficient (Wildman–Crippen LogP) is 1.58. The van der Waals surface area contributed by atoms with E-state index in [1.165, 1.54) is 17.4 Å². The van der Waals surface area contributed by atoms with Crippen LogP contribution in [-0.2, 0) is 4.79 Å². The molecule has 11 nitrogen and oxygen atoms in total. The Kier molecular flexibility index (Phi) is 5.88. The zero-order chi connectivity index (χ0) is 22.9. The molecule has 0 radical (unpaired) electrons. The zero-order valence-corrected chi connectivity index (χ0v) is 19.3. The number of furan rings is 1. The highest BCUT2D eigenvalue weighted by Crippen LogP contribution is 2.26. The van der Waals surface area contributed by atoms with Crippen LogP contribution in [0, 0.1) is 6.92 Å². The number of nitrogens with zero attached hydrogens (tertiary/aromatic N) is 8. The average Bonchev–Trinajstić information content (AvgIpc) is 3.56. The predicted molar refractivity (Wildman–Crippen MR) is 124 cm³/mol. The van der Waals surface area contributed by atoms with Gasteiger partial charge in [0.25, 0.3) is 5.78 Å². The molecule has 1 atom stereocenters. The minimum atomic E-state index is -0.274. The number of anilines is 2.